The third kappa shape index (κ3) is 4.29. The van der Waals surface area contributed by atoms with Crippen LogP contribution in [0.15, 0.2) is 75.8 Å². The van der Waals surface area contributed by atoms with E-state index in [1.54, 1.807) is 24.5 Å². The lowest BCUT2D eigenvalue weighted by Crippen LogP contribution is -2.07. The summed E-state index contributed by atoms with van der Waals surface area (Å²) in [5, 5.41) is 2.84. The summed E-state index contributed by atoms with van der Waals surface area (Å²) in [5.41, 5.74) is 4.32. The quantitative estimate of drug-likeness (QED) is 0.398. The third-order valence-corrected chi connectivity index (χ3v) is 4.91. The van der Waals surface area contributed by atoms with E-state index in [1.807, 2.05) is 30.3 Å². The summed E-state index contributed by atoms with van der Waals surface area (Å²) in [4.78, 5) is 16.8. The van der Waals surface area contributed by atoms with Gasteiger partial charge in [-0.2, -0.15) is 0 Å². The Morgan fingerprint density at radius 1 is 1.17 bits per heavy atom. The summed E-state index contributed by atoms with van der Waals surface area (Å²) in [6.45, 7) is 4.38. The third-order valence-electron chi connectivity index (χ3n) is 4.91. The summed E-state index contributed by atoms with van der Waals surface area (Å²) in [5.74, 6) is 1.39. The molecule has 0 unspecified atom stereocenters. The maximum Gasteiger partial charge on any atom is 0.248 e. The smallest absolute Gasteiger partial charge is 0.248 e. The van der Waals surface area contributed by atoms with Crippen LogP contribution in [0.4, 0.5) is 5.69 Å². The van der Waals surface area contributed by atoms with Crippen LogP contribution in [0.3, 0.4) is 0 Å². The van der Waals surface area contributed by atoms with Gasteiger partial charge in [0.2, 0.25) is 11.8 Å². The van der Waals surface area contributed by atoms with Gasteiger partial charge in [0.25, 0.3) is 0 Å². The van der Waals surface area contributed by atoms with Crippen molar-refractivity contribution in [2.24, 2.45) is 0 Å². The number of hydrogen-bond acceptors (Lipinski definition) is 4. The van der Waals surface area contributed by atoms with Crippen LogP contribution in [-0.2, 0) is 4.79 Å². The van der Waals surface area contributed by atoms with Crippen LogP contribution in [0.5, 0.6) is 0 Å². The summed E-state index contributed by atoms with van der Waals surface area (Å²) < 4.78 is 11.1. The molecule has 0 spiro atoms. The van der Waals surface area contributed by atoms with Gasteiger partial charge < -0.3 is 14.2 Å². The molecule has 0 radical (unpaired) electrons. The summed E-state index contributed by atoms with van der Waals surface area (Å²) in [6, 6.07) is 17.1. The molecule has 0 aliphatic rings. The molecule has 1 atom stereocenters. The van der Waals surface area contributed by atoms with Crippen molar-refractivity contribution in [1.29, 1.82) is 0 Å². The topological polar surface area (TPSA) is 68.3 Å². The molecule has 4 aromatic rings. The highest BCUT2D eigenvalue weighted by Crippen LogP contribution is 2.29. The van der Waals surface area contributed by atoms with Gasteiger partial charge in [-0.3, -0.25) is 4.79 Å². The normalized spacial score (nSPS) is 12.5. The van der Waals surface area contributed by atoms with Crippen LogP contribution < -0.4 is 5.32 Å². The molecule has 1 N–H and O–H groups in total. The minimum absolute atomic E-state index is 0.241. The van der Waals surface area contributed by atoms with E-state index in [9.17, 15) is 4.79 Å². The number of furan rings is 1. The zero-order valence-electron chi connectivity index (χ0n) is 16.4. The van der Waals surface area contributed by atoms with Gasteiger partial charge in [0, 0.05) is 17.3 Å². The number of oxazole rings is 1. The Morgan fingerprint density at radius 3 is 2.86 bits per heavy atom. The highest BCUT2D eigenvalue weighted by atomic mass is 16.3. The second-order valence-electron chi connectivity index (χ2n) is 6.97. The van der Waals surface area contributed by atoms with Gasteiger partial charge in [-0.05, 0) is 66.4 Å². The molecule has 2 aromatic carbocycles. The highest BCUT2D eigenvalue weighted by Gasteiger charge is 2.11. The molecule has 2 heterocycles. The molecule has 146 valence electrons. The molecule has 29 heavy (non-hydrogen) atoms. The molecule has 0 aliphatic carbocycles. The number of carbonyl (C=O) groups excluding carboxylic acids is 1. The van der Waals surface area contributed by atoms with Crippen molar-refractivity contribution in [3.8, 4) is 11.5 Å². The van der Waals surface area contributed by atoms with Crippen molar-refractivity contribution in [2.45, 2.75) is 26.2 Å². The molecule has 0 bridgehead atoms. The number of anilines is 1. The number of amides is 1. The number of rotatable bonds is 6. The van der Waals surface area contributed by atoms with Gasteiger partial charge >= 0.3 is 0 Å². The molecule has 5 heteroatoms. The number of fused-ring (bicyclic) bond motifs is 1. The average Bonchev–Trinajstić information content (AvgIpc) is 3.41. The van der Waals surface area contributed by atoms with E-state index in [0.717, 1.165) is 23.1 Å². The van der Waals surface area contributed by atoms with E-state index in [1.165, 1.54) is 11.6 Å². The van der Waals surface area contributed by atoms with Crippen molar-refractivity contribution in [3.63, 3.8) is 0 Å². The Hall–Kier alpha value is -3.60. The predicted octanol–water partition coefficient (Wildman–Crippen LogP) is 6.25. The Kier molecular flexibility index (Phi) is 5.29. The van der Waals surface area contributed by atoms with Gasteiger partial charge in [-0.25, -0.2) is 4.98 Å². The Bertz CT molecular complexity index is 1160. The van der Waals surface area contributed by atoms with Crippen LogP contribution in [0.1, 0.15) is 37.5 Å². The molecular formula is C24H22N2O3. The maximum absolute atomic E-state index is 12.1. The Balaban J connectivity index is 1.54. The number of nitrogens with one attached hydrogen (secondary N) is 1. The summed E-state index contributed by atoms with van der Waals surface area (Å²) in [6.07, 6.45) is 5.69. The minimum Gasteiger partial charge on any atom is -0.465 e. The van der Waals surface area contributed by atoms with Crippen molar-refractivity contribution in [3.05, 3.63) is 78.3 Å². The fraction of sp³-hybridized carbons (Fsp3) is 0.167. The number of benzene rings is 2. The predicted molar refractivity (Wildman–Crippen MR) is 115 cm³/mol. The molecule has 4 rings (SSSR count). The first-order chi connectivity index (χ1) is 14.1. The van der Waals surface area contributed by atoms with E-state index < -0.39 is 0 Å². The standard InChI is InChI=1S/C24H22N2O3/c1-3-16(2)17-9-11-22-21(15-17)26-24(29-22)18-6-4-7-19(14-18)25-23(27)12-10-20-8-5-13-28-20/h4-16H,3H2,1-2H3,(H,25,27)/b12-10+/t16-/m0/s1. The first-order valence-corrected chi connectivity index (χ1v) is 9.66. The second kappa shape index (κ2) is 8.19. The fourth-order valence-corrected chi connectivity index (χ4v) is 3.07. The van der Waals surface area contributed by atoms with E-state index in [4.69, 9.17) is 8.83 Å². The van der Waals surface area contributed by atoms with E-state index in [0.29, 0.717) is 23.3 Å². The van der Waals surface area contributed by atoms with Gasteiger partial charge in [0.1, 0.15) is 11.3 Å². The van der Waals surface area contributed by atoms with Gasteiger partial charge in [0.05, 0.1) is 6.26 Å². The molecule has 2 aromatic heterocycles. The van der Waals surface area contributed by atoms with Crippen LogP contribution >= 0.6 is 0 Å². The van der Waals surface area contributed by atoms with Gasteiger partial charge in [-0.15, -0.1) is 0 Å². The lowest BCUT2D eigenvalue weighted by Gasteiger charge is -2.07. The van der Waals surface area contributed by atoms with Crippen LogP contribution in [0.2, 0.25) is 0 Å². The molecule has 0 aliphatic heterocycles. The Labute approximate surface area is 169 Å². The van der Waals surface area contributed by atoms with Crippen molar-refractivity contribution in [2.75, 3.05) is 5.32 Å². The molecule has 0 saturated carbocycles. The summed E-state index contributed by atoms with van der Waals surface area (Å²) in [7, 11) is 0. The minimum atomic E-state index is -0.241. The van der Waals surface area contributed by atoms with Crippen LogP contribution in [0.25, 0.3) is 28.6 Å². The zero-order valence-corrected chi connectivity index (χ0v) is 16.4. The maximum atomic E-state index is 12.1. The van der Waals surface area contributed by atoms with Crippen molar-refractivity contribution < 1.29 is 13.6 Å². The molecule has 0 saturated heterocycles. The molecule has 5 nitrogen and oxygen atoms in total. The molecule has 0 fully saturated rings. The molecule has 1 amide bonds. The number of aromatic nitrogens is 1. The average molecular weight is 386 g/mol. The van der Waals surface area contributed by atoms with Crippen molar-refractivity contribution >= 4 is 28.8 Å². The first kappa shape index (κ1) is 18.7. The largest absolute Gasteiger partial charge is 0.465 e. The molecular weight excluding hydrogens is 364 g/mol. The SMILES string of the molecule is CC[C@H](C)c1ccc2oc(-c3cccc(NC(=O)/C=C/c4ccco4)c3)nc2c1. The lowest BCUT2D eigenvalue weighted by atomic mass is 9.98. The lowest BCUT2D eigenvalue weighted by molar-refractivity contribution is -0.111. The van der Waals surface area contributed by atoms with Crippen LogP contribution in [-0.4, -0.2) is 10.9 Å². The number of nitrogens with zero attached hydrogens (tertiary/aromatic N) is 1. The monoisotopic (exact) mass is 386 g/mol. The number of hydrogen-bond donors (Lipinski definition) is 1. The zero-order chi connectivity index (χ0) is 20.2. The Morgan fingerprint density at radius 2 is 2.07 bits per heavy atom. The second-order valence-corrected chi connectivity index (χ2v) is 6.97. The highest BCUT2D eigenvalue weighted by molar-refractivity contribution is 6.02. The van der Waals surface area contributed by atoms with Crippen molar-refractivity contribution in [1.82, 2.24) is 4.98 Å². The van der Waals surface area contributed by atoms with E-state index >= 15 is 0 Å². The first-order valence-electron chi connectivity index (χ1n) is 9.66. The fourth-order valence-electron chi connectivity index (χ4n) is 3.07. The van der Waals surface area contributed by atoms with Gasteiger partial charge in [0.15, 0.2) is 5.58 Å². The number of carbonyl (C=O) groups is 1. The van der Waals surface area contributed by atoms with E-state index in [-0.39, 0.29) is 5.91 Å². The summed E-state index contributed by atoms with van der Waals surface area (Å²) >= 11 is 0. The van der Waals surface area contributed by atoms with Gasteiger partial charge in [-0.1, -0.05) is 26.0 Å². The van der Waals surface area contributed by atoms with Crippen LogP contribution in [0, 0.1) is 0 Å². The van der Waals surface area contributed by atoms with E-state index in [2.05, 4.69) is 36.3 Å².